The van der Waals surface area contributed by atoms with Crippen molar-refractivity contribution in [3.8, 4) is 11.3 Å². The summed E-state index contributed by atoms with van der Waals surface area (Å²) in [6, 6.07) is 11.9. The van der Waals surface area contributed by atoms with E-state index in [0.29, 0.717) is 23.7 Å². The Kier molecular flexibility index (Phi) is 7.01. The molecule has 1 saturated heterocycles. The van der Waals surface area contributed by atoms with Crippen LogP contribution < -0.4 is 5.32 Å². The molecule has 0 aliphatic carbocycles. The van der Waals surface area contributed by atoms with Gasteiger partial charge in [0.15, 0.2) is 5.69 Å². The molecule has 2 aromatic heterocycles. The van der Waals surface area contributed by atoms with E-state index in [1.54, 1.807) is 10.9 Å². The van der Waals surface area contributed by atoms with Gasteiger partial charge in [0.25, 0.3) is 5.91 Å². The van der Waals surface area contributed by atoms with Crippen LogP contribution in [0, 0.1) is 0 Å². The van der Waals surface area contributed by atoms with Crippen LogP contribution in [-0.2, 0) is 6.54 Å². The Morgan fingerprint density at radius 1 is 1.19 bits per heavy atom. The number of aliphatic hydroxyl groups excluding tert-OH is 1. The Hall–Kier alpha value is -2.68. The third kappa shape index (κ3) is 5.52. The molecule has 4 rings (SSSR count). The minimum absolute atomic E-state index is 0.0476. The van der Waals surface area contributed by atoms with Crippen molar-refractivity contribution in [2.24, 2.45) is 0 Å². The lowest BCUT2D eigenvalue weighted by molar-refractivity contribution is 0.0946. The first-order valence-electron chi connectivity index (χ1n) is 10.5. The summed E-state index contributed by atoms with van der Waals surface area (Å²) in [4.78, 5) is 14.4. The number of hydrogen-bond acceptors (Lipinski definition) is 6. The SMILES string of the molecule is O=C(NCCCO)c1cn(C2CCN(Cc3ccc(-c4ccc(Cl)cc4)o3)CC2)nn1. The molecule has 1 aliphatic rings. The highest BCUT2D eigenvalue weighted by Crippen LogP contribution is 2.26. The van der Waals surface area contributed by atoms with E-state index in [1.807, 2.05) is 36.4 Å². The van der Waals surface area contributed by atoms with Crippen molar-refractivity contribution in [1.29, 1.82) is 0 Å². The third-order valence-corrected chi connectivity index (χ3v) is 5.72. The Balaban J connectivity index is 1.28. The second-order valence-electron chi connectivity index (χ2n) is 7.70. The summed E-state index contributed by atoms with van der Waals surface area (Å²) in [6.07, 6.45) is 4.09. The minimum atomic E-state index is -0.258. The van der Waals surface area contributed by atoms with E-state index in [2.05, 4.69) is 20.5 Å². The quantitative estimate of drug-likeness (QED) is 0.519. The third-order valence-electron chi connectivity index (χ3n) is 5.46. The van der Waals surface area contributed by atoms with Crippen molar-refractivity contribution in [3.05, 3.63) is 59.1 Å². The Morgan fingerprint density at radius 3 is 2.71 bits per heavy atom. The lowest BCUT2D eigenvalue weighted by Crippen LogP contribution is -2.34. The smallest absolute Gasteiger partial charge is 0.273 e. The summed E-state index contributed by atoms with van der Waals surface area (Å²) in [5.74, 6) is 1.52. The van der Waals surface area contributed by atoms with E-state index in [1.165, 1.54) is 0 Å². The number of aliphatic hydroxyl groups is 1. The predicted molar refractivity (Wildman–Crippen MR) is 117 cm³/mol. The van der Waals surface area contributed by atoms with Gasteiger partial charge < -0.3 is 14.8 Å². The van der Waals surface area contributed by atoms with Crippen molar-refractivity contribution in [3.63, 3.8) is 0 Å². The van der Waals surface area contributed by atoms with Crippen LogP contribution in [0.3, 0.4) is 0 Å². The lowest BCUT2D eigenvalue weighted by atomic mass is 10.1. The zero-order chi connectivity index (χ0) is 21.6. The van der Waals surface area contributed by atoms with Gasteiger partial charge in [-0.15, -0.1) is 5.10 Å². The highest BCUT2D eigenvalue weighted by atomic mass is 35.5. The summed E-state index contributed by atoms with van der Waals surface area (Å²) >= 11 is 5.96. The fraction of sp³-hybridized carbons (Fsp3) is 0.409. The summed E-state index contributed by atoms with van der Waals surface area (Å²) < 4.78 is 7.82. The van der Waals surface area contributed by atoms with Crippen LogP contribution in [0.4, 0.5) is 0 Å². The molecule has 3 heterocycles. The highest BCUT2D eigenvalue weighted by Gasteiger charge is 2.23. The van der Waals surface area contributed by atoms with Crippen molar-refractivity contribution < 1.29 is 14.3 Å². The maximum absolute atomic E-state index is 12.1. The van der Waals surface area contributed by atoms with Gasteiger partial charge >= 0.3 is 0 Å². The Bertz CT molecular complexity index is 993. The number of carbonyl (C=O) groups is 1. The molecule has 0 unspecified atom stereocenters. The fourth-order valence-electron chi connectivity index (χ4n) is 3.73. The normalized spacial score (nSPS) is 15.3. The largest absolute Gasteiger partial charge is 0.460 e. The monoisotopic (exact) mass is 443 g/mol. The number of benzene rings is 1. The number of carbonyl (C=O) groups excluding carboxylic acids is 1. The first-order chi connectivity index (χ1) is 15.1. The molecular weight excluding hydrogens is 418 g/mol. The molecule has 8 nitrogen and oxygen atoms in total. The average molecular weight is 444 g/mol. The van der Waals surface area contributed by atoms with Crippen LogP contribution in [-0.4, -0.2) is 57.1 Å². The van der Waals surface area contributed by atoms with E-state index in [0.717, 1.165) is 49.6 Å². The molecule has 0 bridgehead atoms. The average Bonchev–Trinajstić information content (AvgIpc) is 3.45. The number of piperidine rings is 1. The van der Waals surface area contributed by atoms with Crippen LogP contribution in [0.1, 0.15) is 41.6 Å². The van der Waals surface area contributed by atoms with E-state index in [9.17, 15) is 4.79 Å². The van der Waals surface area contributed by atoms with Gasteiger partial charge in [0.05, 0.1) is 18.8 Å². The summed E-state index contributed by atoms with van der Waals surface area (Å²) in [7, 11) is 0. The van der Waals surface area contributed by atoms with Gasteiger partial charge in [0.2, 0.25) is 0 Å². The molecular formula is C22H26ClN5O3. The van der Waals surface area contributed by atoms with Crippen LogP contribution in [0.2, 0.25) is 5.02 Å². The molecule has 0 radical (unpaired) electrons. The van der Waals surface area contributed by atoms with Gasteiger partial charge in [0.1, 0.15) is 11.5 Å². The second-order valence-corrected chi connectivity index (χ2v) is 8.13. The molecule has 31 heavy (non-hydrogen) atoms. The number of amides is 1. The molecule has 2 N–H and O–H groups in total. The van der Waals surface area contributed by atoms with Crippen LogP contribution in [0.15, 0.2) is 47.0 Å². The molecule has 1 aromatic carbocycles. The summed E-state index contributed by atoms with van der Waals surface area (Å²) in [6.45, 7) is 3.06. The lowest BCUT2D eigenvalue weighted by Gasteiger charge is -2.31. The number of hydrogen-bond donors (Lipinski definition) is 2. The molecule has 0 atom stereocenters. The predicted octanol–water partition coefficient (Wildman–Crippen LogP) is 3.14. The maximum Gasteiger partial charge on any atom is 0.273 e. The molecule has 9 heteroatoms. The van der Waals surface area contributed by atoms with Crippen LogP contribution in [0.25, 0.3) is 11.3 Å². The highest BCUT2D eigenvalue weighted by molar-refractivity contribution is 6.30. The second kappa shape index (κ2) is 10.1. The molecule has 164 valence electrons. The van der Waals surface area contributed by atoms with Crippen molar-refractivity contribution in [2.45, 2.75) is 31.8 Å². The number of rotatable bonds is 8. The van der Waals surface area contributed by atoms with E-state index in [4.69, 9.17) is 21.1 Å². The standard InChI is InChI=1S/C22H26ClN5O3/c23-17-4-2-16(3-5-17)21-7-6-19(31-21)14-27-11-8-18(9-12-27)28-15-20(25-26-28)22(30)24-10-1-13-29/h2-7,15,18,29H,1,8-14H2,(H,24,30). The van der Waals surface area contributed by atoms with Gasteiger partial charge in [-0.1, -0.05) is 16.8 Å². The number of nitrogens with one attached hydrogen (secondary N) is 1. The topological polar surface area (TPSA) is 96.4 Å². The molecule has 0 spiro atoms. The number of halogens is 1. The molecule has 3 aromatic rings. The van der Waals surface area contributed by atoms with Gasteiger partial charge in [0, 0.05) is 36.8 Å². The Labute approximate surface area is 185 Å². The van der Waals surface area contributed by atoms with Gasteiger partial charge in [-0.05, 0) is 55.7 Å². The molecule has 1 aliphatic heterocycles. The van der Waals surface area contributed by atoms with Gasteiger partial charge in [-0.25, -0.2) is 4.68 Å². The maximum atomic E-state index is 12.1. The van der Waals surface area contributed by atoms with Gasteiger partial charge in [-0.2, -0.15) is 0 Å². The molecule has 1 fully saturated rings. The summed E-state index contributed by atoms with van der Waals surface area (Å²) in [5.41, 5.74) is 1.32. The number of aromatic nitrogens is 3. The zero-order valence-electron chi connectivity index (χ0n) is 17.2. The summed E-state index contributed by atoms with van der Waals surface area (Å²) in [5, 5.41) is 20.4. The van der Waals surface area contributed by atoms with Crippen LogP contribution >= 0.6 is 11.6 Å². The Morgan fingerprint density at radius 2 is 1.97 bits per heavy atom. The molecule has 0 saturated carbocycles. The first-order valence-corrected chi connectivity index (χ1v) is 10.9. The molecule has 1 amide bonds. The van der Waals surface area contributed by atoms with E-state index < -0.39 is 0 Å². The zero-order valence-corrected chi connectivity index (χ0v) is 18.0. The van der Waals surface area contributed by atoms with Crippen molar-refractivity contribution >= 4 is 17.5 Å². The van der Waals surface area contributed by atoms with Crippen molar-refractivity contribution in [2.75, 3.05) is 26.2 Å². The number of likely N-dealkylation sites (tertiary alicyclic amines) is 1. The van der Waals surface area contributed by atoms with Crippen molar-refractivity contribution in [1.82, 2.24) is 25.2 Å². The number of nitrogens with zero attached hydrogens (tertiary/aromatic N) is 4. The van der Waals surface area contributed by atoms with Crippen LogP contribution in [0.5, 0.6) is 0 Å². The minimum Gasteiger partial charge on any atom is -0.460 e. The fourth-order valence-corrected chi connectivity index (χ4v) is 3.85. The van der Waals surface area contributed by atoms with E-state index in [-0.39, 0.29) is 18.6 Å². The van der Waals surface area contributed by atoms with Gasteiger partial charge in [-0.3, -0.25) is 9.69 Å². The van der Waals surface area contributed by atoms with E-state index >= 15 is 0 Å². The number of furan rings is 1. The first kappa shape index (κ1) is 21.5.